The minimum Gasteiger partial charge on any atom is -0.439 e. The number of hydrogen-bond acceptors (Lipinski definition) is 4. The number of nitrogens with zero attached hydrogens (tertiary/aromatic N) is 1. The van der Waals surface area contributed by atoms with Gasteiger partial charge in [-0.2, -0.15) is 0 Å². The Labute approximate surface area is 119 Å². The molecular formula is C14H15N2O3S+. The molecular weight excluding hydrogens is 276 g/mol. The van der Waals surface area contributed by atoms with E-state index in [-0.39, 0.29) is 0 Å². The lowest BCUT2D eigenvalue weighted by Gasteiger charge is -2.05. The molecule has 1 unspecified atom stereocenters. The fourth-order valence-corrected chi connectivity index (χ4v) is 2.28. The van der Waals surface area contributed by atoms with Crippen LogP contribution in [-0.4, -0.2) is 18.3 Å². The van der Waals surface area contributed by atoms with Crippen molar-refractivity contribution >= 4 is 17.3 Å². The Kier molecular flexibility index (Phi) is 4.97. The molecule has 5 nitrogen and oxygen atoms in total. The maximum atomic E-state index is 11.4. The fraction of sp³-hybridized carbons (Fsp3) is 0.143. The Bertz CT molecular complexity index is 614. The Balaban J connectivity index is 2.06. The van der Waals surface area contributed by atoms with Crippen LogP contribution >= 0.6 is 0 Å². The van der Waals surface area contributed by atoms with Gasteiger partial charge < -0.3 is 4.74 Å². The van der Waals surface area contributed by atoms with Crippen molar-refractivity contribution in [1.82, 2.24) is 9.71 Å². The average Bonchev–Trinajstić information content (AvgIpc) is 2.49. The number of carbonyl (C=O) groups excluding carboxylic acids is 1. The smallest absolute Gasteiger partial charge is 0.219 e. The van der Waals surface area contributed by atoms with Crippen LogP contribution in [0.5, 0.6) is 11.6 Å². The van der Waals surface area contributed by atoms with Crippen LogP contribution in [-0.2, 0) is 20.9 Å². The maximum Gasteiger partial charge on any atom is 0.219 e. The zero-order chi connectivity index (χ0) is 14.4. The molecule has 104 valence electrons. The van der Waals surface area contributed by atoms with Gasteiger partial charge in [-0.25, -0.2) is 4.98 Å². The largest absolute Gasteiger partial charge is 0.439 e. The van der Waals surface area contributed by atoms with Crippen molar-refractivity contribution in [2.75, 3.05) is 7.05 Å². The summed E-state index contributed by atoms with van der Waals surface area (Å²) in [5.41, 5.74) is 1.47. The van der Waals surface area contributed by atoms with E-state index in [1.165, 1.54) is 6.20 Å². The minimum absolute atomic E-state index is 0.364. The van der Waals surface area contributed by atoms with E-state index in [1.54, 1.807) is 31.3 Å². The Morgan fingerprint density at radius 1 is 1.30 bits per heavy atom. The van der Waals surface area contributed by atoms with Gasteiger partial charge in [-0.15, -0.1) is 4.72 Å². The summed E-state index contributed by atoms with van der Waals surface area (Å²) in [5.74, 6) is 1.46. The highest BCUT2D eigenvalue weighted by Crippen LogP contribution is 2.20. The molecule has 0 fully saturated rings. The van der Waals surface area contributed by atoms with Crippen molar-refractivity contribution in [1.29, 1.82) is 0 Å². The molecule has 0 aliphatic rings. The molecule has 1 heterocycles. The van der Waals surface area contributed by atoms with E-state index in [4.69, 9.17) is 4.74 Å². The molecule has 0 saturated carbocycles. The Morgan fingerprint density at radius 2 is 2.05 bits per heavy atom. The first-order chi connectivity index (χ1) is 9.71. The number of hydrogen-bond donors (Lipinski definition) is 1. The number of ether oxygens (including phenoxy) is 1. The lowest BCUT2D eigenvalue weighted by molar-refractivity contribution is 0.112. The van der Waals surface area contributed by atoms with Crippen molar-refractivity contribution < 1.29 is 13.7 Å². The number of benzene rings is 1. The van der Waals surface area contributed by atoms with E-state index in [0.717, 1.165) is 11.8 Å². The van der Waals surface area contributed by atoms with Gasteiger partial charge in [-0.1, -0.05) is 16.3 Å². The van der Waals surface area contributed by atoms with Crippen LogP contribution in [0.1, 0.15) is 15.9 Å². The van der Waals surface area contributed by atoms with Crippen LogP contribution in [0.2, 0.25) is 0 Å². The zero-order valence-electron chi connectivity index (χ0n) is 10.9. The molecule has 0 bridgehead atoms. The number of aromatic nitrogens is 1. The quantitative estimate of drug-likeness (QED) is 0.502. The first-order valence-electron chi connectivity index (χ1n) is 6.01. The summed E-state index contributed by atoms with van der Waals surface area (Å²) in [5, 5.41) is 0. The van der Waals surface area contributed by atoms with Gasteiger partial charge in [0.25, 0.3) is 0 Å². The minimum atomic E-state index is -1.41. The molecule has 0 amide bonds. The van der Waals surface area contributed by atoms with Crippen LogP contribution in [0, 0.1) is 0 Å². The molecule has 6 heteroatoms. The standard InChI is InChI=1S/C14H14N2O3S/c1-15-20(18)10-11-2-4-13(5-3-11)19-14-8-12(9-17)6-7-16-14/h2-9H,10H2,1H3,(H,15,18)/p+1. The predicted octanol–water partition coefficient (Wildman–Crippen LogP) is 2.02. The third-order valence-electron chi connectivity index (χ3n) is 2.62. The van der Waals surface area contributed by atoms with Crippen LogP contribution in [0.15, 0.2) is 42.6 Å². The molecule has 2 aromatic rings. The van der Waals surface area contributed by atoms with Gasteiger partial charge in [0.1, 0.15) is 23.0 Å². The molecule has 0 radical (unpaired) electrons. The van der Waals surface area contributed by atoms with E-state index >= 15 is 0 Å². The van der Waals surface area contributed by atoms with Crippen molar-refractivity contribution in [2.45, 2.75) is 5.75 Å². The van der Waals surface area contributed by atoms with Gasteiger partial charge in [0, 0.05) is 30.4 Å². The number of aldehydes is 1. The molecule has 0 saturated heterocycles. The molecule has 0 aliphatic carbocycles. The van der Waals surface area contributed by atoms with Crippen molar-refractivity contribution in [3.05, 3.63) is 53.7 Å². The summed E-state index contributed by atoms with van der Waals surface area (Å²) < 4.78 is 19.7. The van der Waals surface area contributed by atoms with Crippen LogP contribution < -0.4 is 9.46 Å². The highest BCUT2D eigenvalue weighted by atomic mass is 32.2. The number of pyridine rings is 1. The zero-order valence-corrected chi connectivity index (χ0v) is 11.8. The van der Waals surface area contributed by atoms with Gasteiger partial charge in [0.15, 0.2) is 5.75 Å². The second kappa shape index (κ2) is 6.93. The first kappa shape index (κ1) is 14.4. The van der Waals surface area contributed by atoms with Crippen LogP contribution in [0.25, 0.3) is 0 Å². The molecule has 1 N–H and O–H groups in total. The monoisotopic (exact) mass is 291 g/mol. The number of carbonyl (C=O) groups is 1. The van der Waals surface area contributed by atoms with E-state index in [2.05, 4.69) is 9.71 Å². The van der Waals surface area contributed by atoms with Gasteiger partial charge >= 0.3 is 0 Å². The highest BCUT2D eigenvalue weighted by molar-refractivity contribution is 7.82. The van der Waals surface area contributed by atoms with E-state index in [1.807, 2.05) is 12.1 Å². The molecule has 1 aromatic carbocycles. The molecule has 0 aliphatic heterocycles. The predicted molar refractivity (Wildman–Crippen MR) is 78.4 cm³/mol. The van der Waals surface area contributed by atoms with Crippen molar-refractivity contribution in [2.24, 2.45) is 0 Å². The SMILES string of the molecule is CN[SH+](=O)Cc1ccc(Oc2cc(C=O)ccn2)cc1. The van der Waals surface area contributed by atoms with E-state index < -0.39 is 11.0 Å². The first-order valence-corrected chi connectivity index (χ1v) is 7.46. The number of rotatable bonds is 6. The second-order valence-corrected chi connectivity index (χ2v) is 5.57. The maximum absolute atomic E-state index is 11.4. The lowest BCUT2D eigenvalue weighted by atomic mass is 10.2. The van der Waals surface area contributed by atoms with Crippen molar-refractivity contribution in [3.8, 4) is 11.6 Å². The van der Waals surface area contributed by atoms with Crippen LogP contribution in [0.3, 0.4) is 0 Å². The summed E-state index contributed by atoms with van der Waals surface area (Å²) in [6.45, 7) is 0. The topological polar surface area (TPSA) is 68.3 Å². The number of thiol groups is 1. The third-order valence-corrected chi connectivity index (χ3v) is 3.77. The molecule has 2 rings (SSSR count). The Hall–Kier alpha value is -2.05. The summed E-state index contributed by atoms with van der Waals surface area (Å²) >= 11 is 0. The summed E-state index contributed by atoms with van der Waals surface area (Å²) in [6, 6.07) is 10.4. The second-order valence-electron chi connectivity index (χ2n) is 4.05. The van der Waals surface area contributed by atoms with Gasteiger partial charge in [-0.05, 0) is 18.2 Å². The lowest BCUT2D eigenvalue weighted by Crippen LogP contribution is -2.11. The molecule has 1 atom stereocenters. The van der Waals surface area contributed by atoms with Crippen LogP contribution in [0.4, 0.5) is 0 Å². The average molecular weight is 291 g/mol. The molecule has 1 aromatic heterocycles. The van der Waals surface area contributed by atoms with E-state index in [9.17, 15) is 9.00 Å². The van der Waals surface area contributed by atoms with E-state index in [0.29, 0.717) is 22.9 Å². The van der Waals surface area contributed by atoms with Gasteiger partial charge in [0.05, 0.1) is 0 Å². The van der Waals surface area contributed by atoms with Gasteiger partial charge in [-0.3, -0.25) is 4.79 Å². The normalized spacial score (nSPS) is 11.8. The highest BCUT2D eigenvalue weighted by Gasteiger charge is 2.05. The Morgan fingerprint density at radius 3 is 2.70 bits per heavy atom. The van der Waals surface area contributed by atoms with Gasteiger partial charge in [0.2, 0.25) is 5.88 Å². The summed E-state index contributed by atoms with van der Waals surface area (Å²) in [4.78, 5) is 14.7. The summed E-state index contributed by atoms with van der Waals surface area (Å²) in [7, 11) is 0.258. The molecule has 0 spiro atoms. The third kappa shape index (κ3) is 3.97. The molecule has 20 heavy (non-hydrogen) atoms. The number of nitrogens with one attached hydrogen (secondary N) is 1. The van der Waals surface area contributed by atoms with Crippen molar-refractivity contribution in [3.63, 3.8) is 0 Å². The fourth-order valence-electron chi connectivity index (χ4n) is 1.58. The summed E-state index contributed by atoms with van der Waals surface area (Å²) in [6.07, 6.45) is 2.26.